The molecule has 19 heavy (non-hydrogen) atoms. The first-order valence-electron chi connectivity index (χ1n) is 6.63. The van der Waals surface area contributed by atoms with E-state index in [2.05, 4.69) is 21.5 Å². The molecule has 2 heterocycles. The van der Waals surface area contributed by atoms with Gasteiger partial charge in [-0.1, -0.05) is 11.1 Å². The fourth-order valence-electron chi connectivity index (χ4n) is 2.12. The summed E-state index contributed by atoms with van der Waals surface area (Å²) in [5.41, 5.74) is 0.391. The van der Waals surface area contributed by atoms with Gasteiger partial charge in [-0.2, -0.15) is 0 Å². The number of nitrogens with one attached hydrogen (secondary N) is 1. The average Bonchev–Trinajstić information content (AvgIpc) is 3.03. The first-order chi connectivity index (χ1) is 9.28. The third-order valence-electron chi connectivity index (χ3n) is 3.61. The lowest BCUT2D eigenvalue weighted by Crippen LogP contribution is -2.43. The van der Waals surface area contributed by atoms with Crippen LogP contribution in [-0.4, -0.2) is 52.0 Å². The molecule has 1 saturated carbocycles. The molecule has 0 bridgehead atoms. The van der Waals surface area contributed by atoms with Crippen LogP contribution in [0.4, 0.5) is 0 Å². The van der Waals surface area contributed by atoms with Gasteiger partial charge in [-0.25, -0.2) is 4.68 Å². The van der Waals surface area contributed by atoms with Gasteiger partial charge >= 0.3 is 0 Å². The van der Waals surface area contributed by atoms with E-state index in [0.29, 0.717) is 24.2 Å². The molecule has 1 aromatic heterocycles. The van der Waals surface area contributed by atoms with Crippen LogP contribution < -0.4 is 5.32 Å². The van der Waals surface area contributed by atoms with Crippen LogP contribution in [0.3, 0.4) is 0 Å². The molecular weight excluding hydrogens is 242 g/mol. The quantitative estimate of drug-likeness (QED) is 0.751. The van der Waals surface area contributed by atoms with Crippen LogP contribution in [0, 0.1) is 18.3 Å². The maximum atomic E-state index is 12.3. The molecule has 100 valence electrons. The molecule has 1 aliphatic carbocycles. The van der Waals surface area contributed by atoms with Crippen molar-refractivity contribution in [1.29, 1.82) is 0 Å². The van der Waals surface area contributed by atoms with Crippen molar-refractivity contribution in [2.45, 2.75) is 18.9 Å². The van der Waals surface area contributed by atoms with Crippen molar-refractivity contribution in [3.05, 3.63) is 11.9 Å². The lowest BCUT2D eigenvalue weighted by molar-refractivity contribution is 0.0764. The van der Waals surface area contributed by atoms with E-state index in [4.69, 9.17) is 6.42 Å². The number of amides is 1. The molecule has 3 rings (SSSR count). The van der Waals surface area contributed by atoms with Crippen molar-refractivity contribution in [3.8, 4) is 12.3 Å². The largest absolute Gasteiger partial charge is 0.326 e. The summed E-state index contributed by atoms with van der Waals surface area (Å²) < 4.78 is 1.76. The van der Waals surface area contributed by atoms with Crippen LogP contribution in [0.5, 0.6) is 0 Å². The molecule has 0 radical (unpaired) electrons. The first kappa shape index (κ1) is 12.2. The Hall–Kier alpha value is -1.87. The predicted octanol–water partition coefficient (Wildman–Crippen LogP) is -0.0922. The van der Waals surface area contributed by atoms with Crippen LogP contribution in [0.25, 0.3) is 0 Å². The van der Waals surface area contributed by atoms with Crippen molar-refractivity contribution < 1.29 is 4.79 Å². The zero-order valence-corrected chi connectivity index (χ0v) is 10.7. The SMILES string of the molecule is C#CCN(CC1CC1)C(=O)c1cn(C2CNC2)nn1. The second-order valence-electron chi connectivity index (χ2n) is 5.23. The highest BCUT2D eigenvalue weighted by atomic mass is 16.2. The number of carbonyl (C=O) groups is 1. The maximum Gasteiger partial charge on any atom is 0.276 e. The standard InChI is InChI=1S/C13H17N5O/c1-2-5-17(8-10-3-4-10)13(19)12-9-18(16-15-12)11-6-14-7-11/h1,9-11,14H,3-8H2. The van der Waals surface area contributed by atoms with Crippen molar-refractivity contribution >= 4 is 5.91 Å². The van der Waals surface area contributed by atoms with Gasteiger partial charge in [0, 0.05) is 19.6 Å². The molecule has 6 heteroatoms. The highest BCUT2D eigenvalue weighted by molar-refractivity contribution is 5.92. The van der Waals surface area contributed by atoms with Gasteiger partial charge in [0.25, 0.3) is 5.91 Å². The van der Waals surface area contributed by atoms with Gasteiger partial charge in [-0.3, -0.25) is 4.79 Å². The molecule has 1 aliphatic heterocycles. The number of hydrogen-bond acceptors (Lipinski definition) is 4. The van der Waals surface area contributed by atoms with Crippen LogP contribution in [0.1, 0.15) is 29.4 Å². The van der Waals surface area contributed by atoms with Gasteiger partial charge in [0.05, 0.1) is 18.8 Å². The third-order valence-corrected chi connectivity index (χ3v) is 3.61. The summed E-state index contributed by atoms with van der Waals surface area (Å²) in [6.07, 6.45) is 9.44. The summed E-state index contributed by atoms with van der Waals surface area (Å²) in [7, 11) is 0. The monoisotopic (exact) mass is 259 g/mol. The van der Waals surface area contributed by atoms with E-state index in [1.165, 1.54) is 12.8 Å². The smallest absolute Gasteiger partial charge is 0.276 e. The van der Waals surface area contributed by atoms with Crippen molar-refractivity contribution in [1.82, 2.24) is 25.2 Å². The minimum absolute atomic E-state index is 0.108. The summed E-state index contributed by atoms with van der Waals surface area (Å²) in [4.78, 5) is 14.0. The molecule has 1 amide bonds. The van der Waals surface area contributed by atoms with E-state index < -0.39 is 0 Å². The number of carbonyl (C=O) groups excluding carboxylic acids is 1. The summed E-state index contributed by atoms with van der Waals surface area (Å²) in [6.45, 7) is 2.84. The third kappa shape index (κ3) is 2.61. The normalized spacial score (nSPS) is 18.7. The Labute approximate surface area is 112 Å². The van der Waals surface area contributed by atoms with Crippen LogP contribution >= 0.6 is 0 Å². The molecule has 0 unspecified atom stereocenters. The Morgan fingerprint density at radius 2 is 2.37 bits per heavy atom. The van der Waals surface area contributed by atoms with E-state index in [1.54, 1.807) is 15.8 Å². The lowest BCUT2D eigenvalue weighted by atomic mass is 10.2. The molecule has 2 aliphatic rings. The van der Waals surface area contributed by atoms with E-state index in [0.717, 1.165) is 19.6 Å². The van der Waals surface area contributed by atoms with Crippen LogP contribution in [0.2, 0.25) is 0 Å². The Morgan fingerprint density at radius 3 is 2.95 bits per heavy atom. The minimum Gasteiger partial charge on any atom is -0.326 e. The number of hydrogen-bond donors (Lipinski definition) is 1. The highest BCUT2D eigenvalue weighted by Gasteiger charge is 2.29. The highest BCUT2D eigenvalue weighted by Crippen LogP contribution is 2.30. The molecule has 1 saturated heterocycles. The fourth-order valence-corrected chi connectivity index (χ4v) is 2.12. The van der Waals surface area contributed by atoms with E-state index in [9.17, 15) is 4.79 Å². The molecule has 1 aromatic rings. The fraction of sp³-hybridized carbons (Fsp3) is 0.615. The van der Waals surface area contributed by atoms with Crippen molar-refractivity contribution in [3.63, 3.8) is 0 Å². The van der Waals surface area contributed by atoms with Gasteiger partial charge < -0.3 is 10.2 Å². The maximum absolute atomic E-state index is 12.3. The predicted molar refractivity (Wildman–Crippen MR) is 69.4 cm³/mol. The molecule has 6 nitrogen and oxygen atoms in total. The first-order valence-corrected chi connectivity index (χ1v) is 6.63. The Balaban J connectivity index is 1.69. The Morgan fingerprint density at radius 1 is 1.58 bits per heavy atom. The van der Waals surface area contributed by atoms with E-state index >= 15 is 0 Å². The molecule has 0 spiro atoms. The lowest BCUT2D eigenvalue weighted by Gasteiger charge is -2.26. The number of rotatable bonds is 5. The molecule has 0 atom stereocenters. The van der Waals surface area contributed by atoms with E-state index in [1.807, 2.05) is 0 Å². The van der Waals surface area contributed by atoms with E-state index in [-0.39, 0.29) is 5.91 Å². The van der Waals surface area contributed by atoms with Crippen molar-refractivity contribution in [2.24, 2.45) is 5.92 Å². The zero-order valence-electron chi connectivity index (χ0n) is 10.7. The number of terminal acetylenes is 1. The van der Waals surface area contributed by atoms with Gasteiger partial charge in [0.15, 0.2) is 5.69 Å². The Kier molecular flexibility index (Phi) is 3.22. The molecule has 1 N–H and O–H groups in total. The van der Waals surface area contributed by atoms with Crippen LogP contribution in [-0.2, 0) is 0 Å². The zero-order chi connectivity index (χ0) is 13.2. The Bertz CT molecular complexity index is 509. The topological polar surface area (TPSA) is 63.1 Å². The summed E-state index contributed by atoms with van der Waals surface area (Å²) in [6, 6.07) is 0.318. The number of nitrogens with zero attached hydrogens (tertiary/aromatic N) is 4. The molecule has 2 fully saturated rings. The summed E-state index contributed by atoms with van der Waals surface area (Å²) in [5, 5.41) is 11.2. The van der Waals surface area contributed by atoms with Crippen molar-refractivity contribution in [2.75, 3.05) is 26.2 Å². The van der Waals surface area contributed by atoms with Gasteiger partial charge in [-0.15, -0.1) is 11.5 Å². The van der Waals surface area contributed by atoms with Gasteiger partial charge in [0.1, 0.15) is 0 Å². The number of aromatic nitrogens is 3. The molecule has 0 aromatic carbocycles. The summed E-state index contributed by atoms with van der Waals surface area (Å²) in [5.74, 6) is 3.05. The molecular formula is C13H17N5O. The van der Waals surface area contributed by atoms with Crippen LogP contribution in [0.15, 0.2) is 6.20 Å². The minimum atomic E-state index is -0.108. The average molecular weight is 259 g/mol. The second kappa shape index (κ2) is 5.02. The second-order valence-corrected chi connectivity index (χ2v) is 5.23. The van der Waals surface area contributed by atoms with Gasteiger partial charge in [-0.05, 0) is 18.8 Å². The summed E-state index contributed by atoms with van der Waals surface area (Å²) >= 11 is 0. The van der Waals surface area contributed by atoms with Gasteiger partial charge in [0.2, 0.25) is 0 Å².